The molecule has 0 radical (unpaired) electrons. The molecule has 9 heteroatoms. The van der Waals surface area contributed by atoms with Gasteiger partial charge in [0.05, 0.1) is 27.8 Å². The van der Waals surface area contributed by atoms with Crippen LogP contribution in [0.2, 0.25) is 9.36 Å². The van der Waals surface area contributed by atoms with E-state index < -0.39 is 0 Å². The third kappa shape index (κ3) is 2.54. The first-order valence-corrected chi connectivity index (χ1v) is 8.47. The molecule has 4 heterocycles. The van der Waals surface area contributed by atoms with E-state index in [0.717, 1.165) is 10.6 Å². The van der Waals surface area contributed by atoms with Crippen LogP contribution in [0.1, 0.15) is 28.2 Å². The van der Waals surface area contributed by atoms with Crippen molar-refractivity contribution >= 4 is 51.8 Å². The average molecular weight is 368 g/mol. The van der Waals surface area contributed by atoms with Crippen molar-refractivity contribution in [1.29, 1.82) is 0 Å². The molecule has 1 atom stereocenters. The minimum absolute atomic E-state index is 0.206. The van der Waals surface area contributed by atoms with E-state index in [2.05, 4.69) is 22.4 Å². The largest absolute Gasteiger partial charge is 0.295 e. The van der Waals surface area contributed by atoms with Crippen molar-refractivity contribution in [2.45, 2.75) is 12.8 Å². The number of aromatic nitrogens is 3. The van der Waals surface area contributed by atoms with Crippen LogP contribution in [-0.4, -0.2) is 32.1 Å². The van der Waals surface area contributed by atoms with E-state index in [0.29, 0.717) is 27.2 Å². The van der Waals surface area contributed by atoms with Crippen LogP contribution in [0, 0.1) is 0 Å². The van der Waals surface area contributed by atoms with Gasteiger partial charge >= 0.3 is 0 Å². The standard InChI is InChI=1S/C14H11Cl2N5OS/c1-7-5-21(18-9-2-11(16)23-13(7)9)14(22)10-3-12-17-4-8(15)6-20(12)19-10/h2-4,6-7,18H,5H2,1H3. The maximum Gasteiger partial charge on any atom is 0.292 e. The number of carbonyl (C=O) groups excluding carboxylic acids is 1. The number of carbonyl (C=O) groups is 1. The van der Waals surface area contributed by atoms with Crippen molar-refractivity contribution in [2.24, 2.45) is 0 Å². The Morgan fingerprint density at radius 2 is 2.26 bits per heavy atom. The summed E-state index contributed by atoms with van der Waals surface area (Å²) in [6, 6.07) is 3.48. The highest BCUT2D eigenvalue weighted by atomic mass is 35.5. The Morgan fingerprint density at radius 3 is 3.09 bits per heavy atom. The summed E-state index contributed by atoms with van der Waals surface area (Å²) < 4.78 is 2.20. The average Bonchev–Trinajstić information content (AvgIpc) is 3.08. The Kier molecular flexibility index (Phi) is 3.44. The lowest BCUT2D eigenvalue weighted by Crippen LogP contribution is -2.41. The van der Waals surface area contributed by atoms with E-state index in [-0.39, 0.29) is 11.8 Å². The molecule has 1 aliphatic rings. The van der Waals surface area contributed by atoms with Gasteiger partial charge in [0.1, 0.15) is 0 Å². The molecule has 0 saturated heterocycles. The second kappa shape index (κ2) is 5.36. The maximum absolute atomic E-state index is 12.7. The summed E-state index contributed by atoms with van der Waals surface area (Å²) in [7, 11) is 0. The lowest BCUT2D eigenvalue weighted by molar-refractivity contribution is 0.0774. The molecule has 6 nitrogen and oxygen atoms in total. The third-order valence-electron chi connectivity index (χ3n) is 3.64. The molecular weight excluding hydrogens is 357 g/mol. The Morgan fingerprint density at radius 1 is 1.43 bits per heavy atom. The number of hydrazine groups is 1. The molecule has 0 saturated carbocycles. The Balaban J connectivity index is 1.66. The summed E-state index contributed by atoms with van der Waals surface area (Å²) in [5.74, 6) is -0.0104. The van der Waals surface area contributed by atoms with Crippen LogP contribution >= 0.6 is 34.5 Å². The normalized spacial score (nSPS) is 17.2. The van der Waals surface area contributed by atoms with Crippen LogP contribution in [0.4, 0.5) is 5.69 Å². The van der Waals surface area contributed by atoms with Crippen molar-refractivity contribution in [3.63, 3.8) is 0 Å². The number of anilines is 1. The van der Waals surface area contributed by atoms with Crippen LogP contribution in [-0.2, 0) is 0 Å². The number of hydrogen-bond acceptors (Lipinski definition) is 5. The molecule has 1 unspecified atom stereocenters. The number of amides is 1. The Labute approximate surface area is 145 Å². The Bertz CT molecular complexity index is 921. The molecule has 1 amide bonds. The molecule has 23 heavy (non-hydrogen) atoms. The summed E-state index contributed by atoms with van der Waals surface area (Å²) in [6.07, 6.45) is 3.14. The first-order chi connectivity index (χ1) is 11.0. The van der Waals surface area contributed by atoms with Crippen molar-refractivity contribution in [3.8, 4) is 0 Å². The molecule has 0 spiro atoms. The molecule has 0 bridgehead atoms. The van der Waals surface area contributed by atoms with Gasteiger partial charge in [0.2, 0.25) is 0 Å². The Hall–Kier alpha value is -1.83. The molecule has 118 valence electrons. The second-order valence-electron chi connectivity index (χ2n) is 5.36. The molecule has 0 aliphatic carbocycles. The fourth-order valence-electron chi connectivity index (χ4n) is 2.61. The maximum atomic E-state index is 12.7. The van der Waals surface area contributed by atoms with Gasteiger partial charge in [0, 0.05) is 23.1 Å². The number of nitrogens with one attached hydrogen (secondary N) is 1. The van der Waals surface area contributed by atoms with Crippen LogP contribution in [0.5, 0.6) is 0 Å². The minimum atomic E-state index is -0.216. The summed E-state index contributed by atoms with van der Waals surface area (Å²) >= 11 is 13.5. The monoisotopic (exact) mass is 367 g/mol. The molecule has 0 fully saturated rings. The fourth-order valence-corrected chi connectivity index (χ4v) is 3.98. The number of thiophene rings is 1. The van der Waals surface area contributed by atoms with Gasteiger partial charge in [-0.1, -0.05) is 30.1 Å². The molecule has 3 aromatic heterocycles. The summed E-state index contributed by atoms with van der Waals surface area (Å²) in [4.78, 5) is 18.0. The zero-order chi connectivity index (χ0) is 16.1. The zero-order valence-electron chi connectivity index (χ0n) is 12.0. The summed E-state index contributed by atoms with van der Waals surface area (Å²) in [5, 5.41) is 6.27. The molecule has 4 rings (SSSR count). The van der Waals surface area contributed by atoms with Crippen LogP contribution in [0.15, 0.2) is 24.5 Å². The molecule has 0 aromatic carbocycles. The van der Waals surface area contributed by atoms with Gasteiger partial charge in [-0.25, -0.2) is 9.50 Å². The van der Waals surface area contributed by atoms with E-state index in [9.17, 15) is 4.79 Å². The number of fused-ring (bicyclic) bond motifs is 2. The van der Waals surface area contributed by atoms with Crippen molar-refractivity contribution in [1.82, 2.24) is 19.6 Å². The van der Waals surface area contributed by atoms with Gasteiger partial charge in [-0.2, -0.15) is 5.10 Å². The second-order valence-corrected chi connectivity index (χ2v) is 7.51. The fraction of sp³-hybridized carbons (Fsp3) is 0.214. The highest BCUT2D eigenvalue weighted by Crippen LogP contribution is 2.39. The molecule has 1 N–H and O–H groups in total. The van der Waals surface area contributed by atoms with E-state index in [1.54, 1.807) is 17.3 Å². The highest BCUT2D eigenvalue weighted by Gasteiger charge is 2.29. The van der Waals surface area contributed by atoms with Gasteiger partial charge in [0.15, 0.2) is 11.3 Å². The van der Waals surface area contributed by atoms with Gasteiger partial charge in [-0.05, 0) is 6.07 Å². The number of hydrogen-bond donors (Lipinski definition) is 1. The van der Waals surface area contributed by atoms with Crippen LogP contribution < -0.4 is 5.43 Å². The van der Waals surface area contributed by atoms with E-state index >= 15 is 0 Å². The van der Waals surface area contributed by atoms with Crippen LogP contribution in [0.25, 0.3) is 5.65 Å². The van der Waals surface area contributed by atoms with Crippen molar-refractivity contribution < 1.29 is 4.79 Å². The first-order valence-electron chi connectivity index (χ1n) is 6.90. The van der Waals surface area contributed by atoms with E-state index in [4.69, 9.17) is 23.2 Å². The molecular formula is C14H11Cl2N5OS. The van der Waals surface area contributed by atoms with Crippen molar-refractivity contribution in [3.05, 3.63) is 44.5 Å². The highest BCUT2D eigenvalue weighted by molar-refractivity contribution is 7.16. The lowest BCUT2D eigenvalue weighted by Gasteiger charge is -2.31. The van der Waals surface area contributed by atoms with E-state index in [1.807, 2.05) is 6.07 Å². The lowest BCUT2D eigenvalue weighted by atomic mass is 10.1. The molecule has 3 aromatic rings. The van der Waals surface area contributed by atoms with Crippen LogP contribution in [0.3, 0.4) is 0 Å². The minimum Gasteiger partial charge on any atom is -0.295 e. The number of rotatable bonds is 1. The smallest absolute Gasteiger partial charge is 0.292 e. The number of nitrogens with zero attached hydrogens (tertiary/aromatic N) is 4. The third-order valence-corrected chi connectivity index (χ3v) is 5.33. The zero-order valence-corrected chi connectivity index (χ0v) is 14.3. The molecule has 1 aliphatic heterocycles. The summed E-state index contributed by atoms with van der Waals surface area (Å²) in [5.41, 5.74) is 4.87. The van der Waals surface area contributed by atoms with Gasteiger partial charge < -0.3 is 0 Å². The number of halogens is 2. The predicted molar refractivity (Wildman–Crippen MR) is 90.4 cm³/mol. The first kappa shape index (κ1) is 14.7. The van der Waals surface area contributed by atoms with Gasteiger partial charge in [0.25, 0.3) is 5.91 Å². The SMILES string of the molecule is CC1CN(C(=O)c2cc3ncc(Cl)cn3n2)Nc2cc(Cl)sc21. The summed E-state index contributed by atoms with van der Waals surface area (Å²) in [6.45, 7) is 2.61. The topological polar surface area (TPSA) is 62.5 Å². The quantitative estimate of drug-likeness (QED) is 0.712. The van der Waals surface area contributed by atoms with E-state index in [1.165, 1.54) is 22.0 Å². The van der Waals surface area contributed by atoms with Gasteiger partial charge in [-0.3, -0.25) is 15.2 Å². The predicted octanol–water partition coefficient (Wildman–Crippen LogP) is 3.68. The van der Waals surface area contributed by atoms with Crippen molar-refractivity contribution in [2.75, 3.05) is 12.0 Å². The van der Waals surface area contributed by atoms with Gasteiger partial charge in [-0.15, -0.1) is 11.3 Å².